The summed E-state index contributed by atoms with van der Waals surface area (Å²) in [5.41, 5.74) is 7.62. The number of aryl methyl sites for hydroxylation is 1. The second-order valence-electron chi connectivity index (χ2n) is 3.90. The van der Waals surface area contributed by atoms with Gasteiger partial charge in [0.2, 0.25) is 0 Å². The van der Waals surface area contributed by atoms with Crippen LogP contribution in [0.1, 0.15) is 15.2 Å². The van der Waals surface area contributed by atoms with Crippen LogP contribution >= 0.6 is 11.3 Å². The van der Waals surface area contributed by atoms with Crippen LogP contribution < -0.4 is 5.73 Å². The van der Waals surface area contributed by atoms with Crippen LogP contribution in [-0.4, -0.2) is 13.1 Å². The average molecular weight is 265 g/mol. The Balaban J connectivity index is 2.48. The predicted octanol–water partition coefficient (Wildman–Crippen LogP) is 3.23. The van der Waals surface area contributed by atoms with Crippen LogP contribution in [0.15, 0.2) is 24.3 Å². The van der Waals surface area contributed by atoms with Gasteiger partial charge >= 0.3 is 5.97 Å². The van der Waals surface area contributed by atoms with Crippen molar-refractivity contribution in [1.29, 1.82) is 0 Å². The average Bonchev–Trinajstić information content (AvgIpc) is 2.69. The molecule has 2 aromatic rings. The molecule has 0 radical (unpaired) electrons. The molecule has 1 heterocycles. The van der Waals surface area contributed by atoms with Crippen LogP contribution in [0.25, 0.3) is 10.4 Å². The molecule has 0 saturated carbocycles. The van der Waals surface area contributed by atoms with Crippen LogP contribution in [0.5, 0.6) is 0 Å². The summed E-state index contributed by atoms with van der Waals surface area (Å²) in [7, 11) is 1.30. The van der Waals surface area contributed by atoms with Crippen LogP contribution in [0, 0.1) is 12.7 Å². The van der Waals surface area contributed by atoms with Crippen molar-refractivity contribution < 1.29 is 13.9 Å². The number of nitrogens with two attached hydrogens (primary N) is 1. The van der Waals surface area contributed by atoms with Crippen LogP contribution in [0.4, 0.5) is 10.1 Å². The molecule has 0 saturated heterocycles. The molecule has 0 atom stereocenters. The van der Waals surface area contributed by atoms with Crippen molar-refractivity contribution in [2.45, 2.75) is 6.92 Å². The lowest BCUT2D eigenvalue weighted by Gasteiger charge is -2.00. The molecule has 1 aromatic carbocycles. The molecule has 1 aromatic heterocycles. The van der Waals surface area contributed by atoms with E-state index < -0.39 is 5.97 Å². The standard InChI is InChI=1S/C13H12FNO2S/c1-7-3-8(5-9(14)4-7)11-6-10(15)12(18-11)13(16)17-2/h3-6H,15H2,1-2H3. The maximum Gasteiger partial charge on any atom is 0.350 e. The second kappa shape index (κ2) is 4.78. The summed E-state index contributed by atoms with van der Waals surface area (Å²) in [4.78, 5) is 12.5. The number of benzene rings is 1. The molecule has 0 unspecified atom stereocenters. The van der Waals surface area contributed by atoms with Gasteiger partial charge < -0.3 is 10.5 Å². The molecular weight excluding hydrogens is 253 g/mol. The van der Waals surface area contributed by atoms with E-state index in [0.29, 0.717) is 16.1 Å². The number of hydrogen-bond donors (Lipinski definition) is 1. The Bertz CT molecular complexity index is 587. The first-order chi connectivity index (χ1) is 8.51. The summed E-state index contributed by atoms with van der Waals surface area (Å²) in [6.07, 6.45) is 0. The molecule has 94 valence electrons. The van der Waals surface area contributed by atoms with E-state index in [0.717, 1.165) is 10.4 Å². The van der Waals surface area contributed by atoms with E-state index in [1.807, 2.05) is 13.0 Å². The van der Waals surface area contributed by atoms with Crippen molar-refractivity contribution in [1.82, 2.24) is 0 Å². The monoisotopic (exact) mass is 265 g/mol. The first-order valence-electron chi connectivity index (χ1n) is 5.26. The van der Waals surface area contributed by atoms with Gasteiger partial charge in [-0.1, -0.05) is 6.07 Å². The van der Waals surface area contributed by atoms with Crippen molar-refractivity contribution in [2.24, 2.45) is 0 Å². The van der Waals surface area contributed by atoms with Gasteiger partial charge in [0, 0.05) is 4.88 Å². The fourth-order valence-electron chi connectivity index (χ4n) is 1.68. The summed E-state index contributed by atoms with van der Waals surface area (Å²) in [5.74, 6) is -0.784. The molecule has 0 fully saturated rings. The SMILES string of the molecule is COC(=O)c1sc(-c2cc(C)cc(F)c2)cc1N. The van der Waals surface area contributed by atoms with Gasteiger partial charge in [-0.3, -0.25) is 0 Å². The van der Waals surface area contributed by atoms with Gasteiger partial charge in [-0.05, 0) is 36.2 Å². The van der Waals surface area contributed by atoms with E-state index >= 15 is 0 Å². The van der Waals surface area contributed by atoms with Gasteiger partial charge in [-0.25, -0.2) is 9.18 Å². The summed E-state index contributed by atoms with van der Waals surface area (Å²) in [6, 6.07) is 6.36. The third-order valence-corrected chi connectivity index (χ3v) is 3.64. The maximum atomic E-state index is 13.3. The van der Waals surface area contributed by atoms with E-state index in [-0.39, 0.29) is 5.82 Å². The Labute approximate surface area is 108 Å². The highest BCUT2D eigenvalue weighted by atomic mass is 32.1. The lowest BCUT2D eigenvalue weighted by atomic mass is 10.1. The number of anilines is 1. The Hall–Kier alpha value is -1.88. The number of carbonyl (C=O) groups is 1. The third kappa shape index (κ3) is 2.36. The minimum atomic E-state index is -0.475. The van der Waals surface area contributed by atoms with Gasteiger partial charge in [0.25, 0.3) is 0 Å². The van der Waals surface area contributed by atoms with Crippen LogP contribution in [0.3, 0.4) is 0 Å². The molecule has 5 heteroatoms. The van der Waals surface area contributed by atoms with Crippen molar-refractivity contribution in [3.63, 3.8) is 0 Å². The van der Waals surface area contributed by atoms with Crippen LogP contribution in [-0.2, 0) is 4.74 Å². The van der Waals surface area contributed by atoms with Gasteiger partial charge in [-0.2, -0.15) is 0 Å². The van der Waals surface area contributed by atoms with E-state index in [4.69, 9.17) is 5.73 Å². The molecule has 0 aliphatic carbocycles. The molecule has 3 nitrogen and oxygen atoms in total. The third-order valence-electron chi connectivity index (χ3n) is 2.46. The molecule has 0 aliphatic heterocycles. The Morgan fingerprint density at radius 1 is 1.33 bits per heavy atom. The molecule has 2 rings (SSSR count). The minimum absolute atomic E-state index is 0.309. The van der Waals surface area contributed by atoms with Crippen molar-refractivity contribution in [3.05, 3.63) is 40.5 Å². The maximum absolute atomic E-state index is 13.3. The van der Waals surface area contributed by atoms with E-state index in [2.05, 4.69) is 4.74 Å². The number of esters is 1. The molecule has 0 spiro atoms. The fourth-order valence-corrected chi connectivity index (χ4v) is 2.66. The second-order valence-corrected chi connectivity index (χ2v) is 4.96. The highest BCUT2D eigenvalue weighted by molar-refractivity contribution is 7.18. The van der Waals surface area contributed by atoms with Gasteiger partial charge in [0.15, 0.2) is 0 Å². The predicted molar refractivity (Wildman–Crippen MR) is 70.2 cm³/mol. The first kappa shape index (κ1) is 12.6. The molecular formula is C13H12FNO2S. The molecule has 0 aliphatic rings. The zero-order chi connectivity index (χ0) is 13.3. The first-order valence-corrected chi connectivity index (χ1v) is 6.08. The number of ether oxygens (including phenoxy) is 1. The van der Waals surface area contributed by atoms with Crippen molar-refractivity contribution in [3.8, 4) is 10.4 Å². The summed E-state index contributed by atoms with van der Waals surface area (Å²) >= 11 is 1.20. The molecule has 2 N–H and O–H groups in total. The van der Waals surface area contributed by atoms with Gasteiger partial charge in [0.1, 0.15) is 10.7 Å². The number of rotatable bonds is 2. The minimum Gasteiger partial charge on any atom is -0.465 e. The number of methoxy groups -OCH3 is 1. The highest BCUT2D eigenvalue weighted by Gasteiger charge is 2.16. The van der Waals surface area contributed by atoms with E-state index in [1.165, 1.54) is 30.6 Å². The number of thiophene rings is 1. The van der Waals surface area contributed by atoms with Crippen molar-refractivity contribution >= 4 is 23.0 Å². The van der Waals surface area contributed by atoms with E-state index in [1.54, 1.807) is 6.07 Å². The highest BCUT2D eigenvalue weighted by Crippen LogP contribution is 2.34. The zero-order valence-corrected chi connectivity index (χ0v) is 10.8. The summed E-state index contributed by atoms with van der Waals surface area (Å²) in [5, 5.41) is 0. The van der Waals surface area contributed by atoms with Crippen LogP contribution in [0.2, 0.25) is 0 Å². The number of nitrogen functional groups attached to an aromatic ring is 1. The molecule has 0 amide bonds. The van der Waals surface area contributed by atoms with E-state index in [9.17, 15) is 9.18 Å². The lowest BCUT2D eigenvalue weighted by Crippen LogP contribution is -2.00. The number of hydrogen-bond acceptors (Lipinski definition) is 4. The van der Waals surface area contributed by atoms with Gasteiger partial charge in [0.05, 0.1) is 12.8 Å². The molecule has 18 heavy (non-hydrogen) atoms. The summed E-state index contributed by atoms with van der Waals surface area (Å²) in [6.45, 7) is 1.81. The quantitative estimate of drug-likeness (QED) is 0.848. The Morgan fingerprint density at radius 2 is 2.06 bits per heavy atom. The number of halogens is 1. The Kier molecular flexibility index (Phi) is 3.34. The molecule has 0 bridgehead atoms. The fraction of sp³-hybridized carbons (Fsp3) is 0.154. The lowest BCUT2D eigenvalue weighted by molar-refractivity contribution is 0.0607. The number of carbonyl (C=O) groups excluding carboxylic acids is 1. The smallest absolute Gasteiger partial charge is 0.350 e. The topological polar surface area (TPSA) is 52.3 Å². The largest absolute Gasteiger partial charge is 0.465 e. The summed E-state index contributed by atoms with van der Waals surface area (Å²) < 4.78 is 18.0. The van der Waals surface area contributed by atoms with Crippen molar-refractivity contribution in [2.75, 3.05) is 12.8 Å². The zero-order valence-electron chi connectivity index (χ0n) is 9.99. The Morgan fingerprint density at radius 3 is 2.67 bits per heavy atom. The van der Waals surface area contributed by atoms with Gasteiger partial charge in [-0.15, -0.1) is 11.3 Å². The normalized spacial score (nSPS) is 10.4.